The highest BCUT2D eigenvalue weighted by Crippen LogP contribution is 2.27. The minimum absolute atomic E-state index is 0.338. The topological polar surface area (TPSA) is 50.7 Å². The van der Waals surface area contributed by atoms with Crippen LogP contribution in [-0.2, 0) is 4.74 Å². The fraction of sp³-hybridized carbons (Fsp3) is 0.600. The van der Waals surface area contributed by atoms with Gasteiger partial charge in [-0.25, -0.2) is 0 Å². The molecule has 112 valence electrons. The fourth-order valence-corrected chi connectivity index (χ4v) is 2.77. The predicted molar refractivity (Wildman–Crippen MR) is 83.4 cm³/mol. The molecule has 0 amide bonds. The Hall–Kier alpha value is -0.780. The van der Waals surface area contributed by atoms with Crippen molar-refractivity contribution in [2.75, 3.05) is 25.6 Å². The lowest BCUT2D eigenvalue weighted by Crippen LogP contribution is -2.27. The second-order valence-electron chi connectivity index (χ2n) is 5.12. The van der Waals surface area contributed by atoms with Crippen LogP contribution in [-0.4, -0.2) is 37.6 Å². The molecule has 1 fully saturated rings. The van der Waals surface area contributed by atoms with Gasteiger partial charge >= 0.3 is 0 Å². The van der Waals surface area contributed by atoms with E-state index in [2.05, 4.69) is 21.2 Å². The molecule has 0 aromatic heterocycles. The molecule has 1 aromatic rings. The Morgan fingerprint density at radius 2 is 2.15 bits per heavy atom. The van der Waals surface area contributed by atoms with Crippen LogP contribution in [0.15, 0.2) is 22.7 Å². The molecular weight excluding hydrogens is 322 g/mol. The standard InChI is InChI=1S/C15H22BrNO3/c1-19-15-7-6-11(16)8-14(15)17-9-12(18)10-20-13-4-2-3-5-13/h6-8,12-13,17-18H,2-5,9-10H2,1H3. The molecule has 0 aliphatic heterocycles. The summed E-state index contributed by atoms with van der Waals surface area (Å²) in [6.07, 6.45) is 4.56. The summed E-state index contributed by atoms with van der Waals surface area (Å²) in [6.45, 7) is 0.827. The Labute approximate surface area is 128 Å². The molecule has 2 N–H and O–H groups in total. The minimum Gasteiger partial charge on any atom is -0.495 e. The number of hydrogen-bond donors (Lipinski definition) is 2. The van der Waals surface area contributed by atoms with E-state index in [1.807, 2.05) is 18.2 Å². The van der Waals surface area contributed by atoms with Crippen LogP contribution in [0.3, 0.4) is 0 Å². The lowest BCUT2D eigenvalue weighted by molar-refractivity contribution is -0.00118. The molecule has 0 spiro atoms. The number of ether oxygens (including phenoxy) is 2. The SMILES string of the molecule is COc1ccc(Br)cc1NCC(O)COC1CCCC1. The number of halogens is 1. The largest absolute Gasteiger partial charge is 0.495 e. The van der Waals surface area contributed by atoms with Crippen LogP contribution in [0.5, 0.6) is 5.75 Å². The van der Waals surface area contributed by atoms with Crippen LogP contribution < -0.4 is 10.1 Å². The van der Waals surface area contributed by atoms with Crippen LogP contribution >= 0.6 is 15.9 Å². The van der Waals surface area contributed by atoms with Gasteiger partial charge in [0.05, 0.1) is 31.6 Å². The summed E-state index contributed by atoms with van der Waals surface area (Å²) in [6, 6.07) is 5.74. The summed E-state index contributed by atoms with van der Waals surface area (Å²) in [5.74, 6) is 0.761. The third-order valence-corrected chi connectivity index (χ3v) is 4.01. The normalized spacial score (nSPS) is 17.1. The van der Waals surface area contributed by atoms with Crippen LogP contribution in [0.2, 0.25) is 0 Å². The van der Waals surface area contributed by atoms with Gasteiger partial charge in [0.1, 0.15) is 5.75 Å². The van der Waals surface area contributed by atoms with Gasteiger partial charge < -0.3 is 19.9 Å². The van der Waals surface area contributed by atoms with Gasteiger partial charge in [0, 0.05) is 11.0 Å². The summed E-state index contributed by atoms with van der Waals surface area (Å²) in [7, 11) is 1.63. The van der Waals surface area contributed by atoms with Crippen LogP contribution in [0.4, 0.5) is 5.69 Å². The van der Waals surface area contributed by atoms with E-state index in [0.29, 0.717) is 19.3 Å². The van der Waals surface area contributed by atoms with Crippen molar-refractivity contribution in [2.24, 2.45) is 0 Å². The van der Waals surface area contributed by atoms with Gasteiger partial charge in [-0.05, 0) is 31.0 Å². The van der Waals surface area contributed by atoms with Gasteiger partial charge in [0.25, 0.3) is 0 Å². The fourth-order valence-electron chi connectivity index (χ4n) is 2.41. The van der Waals surface area contributed by atoms with Gasteiger partial charge in [0.2, 0.25) is 0 Å². The maximum atomic E-state index is 9.96. The summed E-state index contributed by atoms with van der Waals surface area (Å²) in [5.41, 5.74) is 0.863. The number of rotatable bonds is 7. The summed E-state index contributed by atoms with van der Waals surface area (Å²) < 4.78 is 12.0. The van der Waals surface area contributed by atoms with Crippen molar-refractivity contribution in [1.82, 2.24) is 0 Å². The first-order valence-electron chi connectivity index (χ1n) is 7.06. The third kappa shape index (κ3) is 4.65. The lowest BCUT2D eigenvalue weighted by Gasteiger charge is -2.17. The molecule has 1 aromatic carbocycles. The zero-order valence-electron chi connectivity index (χ0n) is 11.8. The molecule has 1 aliphatic rings. The van der Waals surface area contributed by atoms with Crippen molar-refractivity contribution in [3.8, 4) is 5.75 Å². The van der Waals surface area contributed by atoms with Crippen molar-refractivity contribution in [2.45, 2.75) is 37.9 Å². The van der Waals surface area contributed by atoms with Gasteiger partial charge in [-0.15, -0.1) is 0 Å². The number of anilines is 1. The average molecular weight is 344 g/mol. The van der Waals surface area contributed by atoms with Crippen LogP contribution in [0.25, 0.3) is 0 Å². The van der Waals surface area contributed by atoms with Crippen molar-refractivity contribution >= 4 is 21.6 Å². The van der Waals surface area contributed by atoms with Gasteiger partial charge in [-0.1, -0.05) is 28.8 Å². The van der Waals surface area contributed by atoms with Crippen LogP contribution in [0, 0.1) is 0 Å². The van der Waals surface area contributed by atoms with Gasteiger partial charge in [0.15, 0.2) is 0 Å². The first-order chi connectivity index (χ1) is 9.69. The molecular formula is C15H22BrNO3. The monoisotopic (exact) mass is 343 g/mol. The second-order valence-corrected chi connectivity index (χ2v) is 6.03. The smallest absolute Gasteiger partial charge is 0.142 e. The maximum absolute atomic E-state index is 9.96. The molecule has 1 saturated carbocycles. The number of hydrogen-bond acceptors (Lipinski definition) is 4. The Morgan fingerprint density at radius 3 is 2.85 bits per heavy atom. The zero-order valence-corrected chi connectivity index (χ0v) is 13.4. The first-order valence-corrected chi connectivity index (χ1v) is 7.85. The third-order valence-electron chi connectivity index (χ3n) is 3.52. The summed E-state index contributed by atoms with van der Waals surface area (Å²) in [5, 5.41) is 13.2. The van der Waals surface area contributed by atoms with Crippen molar-refractivity contribution in [3.05, 3.63) is 22.7 Å². The van der Waals surface area contributed by atoms with Crippen molar-refractivity contribution in [3.63, 3.8) is 0 Å². The number of nitrogens with one attached hydrogen (secondary N) is 1. The van der Waals surface area contributed by atoms with Crippen molar-refractivity contribution in [1.29, 1.82) is 0 Å². The Balaban J connectivity index is 1.77. The van der Waals surface area contributed by atoms with Crippen LogP contribution in [0.1, 0.15) is 25.7 Å². The quantitative estimate of drug-likeness (QED) is 0.798. The van der Waals surface area contributed by atoms with E-state index in [0.717, 1.165) is 28.8 Å². The summed E-state index contributed by atoms with van der Waals surface area (Å²) in [4.78, 5) is 0. The molecule has 0 bridgehead atoms. The molecule has 1 unspecified atom stereocenters. The molecule has 0 heterocycles. The predicted octanol–water partition coefficient (Wildman–Crippen LogP) is 3.19. The molecule has 1 atom stereocenters. The van der Waals surface area contributed by atoms with E-state index in [1.165, 1.54) is 12.8 Å². The average Bonchev–Trinajstić information content (AvgIpc) is 2.96. The number of aliphatic hydroxyl groups is 1. The van der Waals surface area contributed by atoms with Gasteiger partial charge in [-0.2, -0.15) is 0 Å². The highest BCUT2D eigenvalue weighted by atomic mass is 79.9. The molecule has 20 heavy (non-hydrogen) atoms. The lowest BCUT2D eigenvalue weighted by atomic mass is 10.2. The highest BCUT2D eigenvalue weighted by molar-refractivity contribution is 9.10. The molecule has 2 rings (SSSR count). The number of benzene rings is 1. The Morgan fingerprint density at radius 1 is 1.40 bits per heavy atom. The minimum atomic E-state index is -0.515. The Bertz CT molecular complexity index is 422. The number of methoxy groups -OCH3 is 1. The van der Waals surface area contributed by atoms with E-state index in [1.54, 1.807) is 7.11 Å². The van der Waals surface area contributed by atoms with Gasteiger partial charge in [-0.3, -0.25) is 0 Å². The molecule has 0 saturated heterocycles. The molecule has 1 aliphatic carbocycles. The van der Waals surface area contributed by atoms with E-state index < -0.39 is 6.10 Å². The highest BCUT2D eigenvalue weighted by Gasteiger charge is 2.17. The first kappa shape index (κ1) is 15.6. The molecule has 5 heteroatoms. The Kier molecular flexibility index (Phi) is 6.13. The molecule has 4 nitrogen and oxygen atoms in total. The van der Waals surface area contributed by atoms with E-state index in [9.17, 15) is 5.11 Å². The van der Waals surface area contributed by atoms with Crippen molar-refractivity contribution < 1.29 is 14.6 Å². The molecule has 0 radical (unpaired) electrons. The van der Waals surface area contributed by atoms with E-state index >= 15 is 0 Å². The summed E-state index contributed by atoms with van der Waals surface area (Å²) >= 11 is 3.43. The van der Waals surface area contributed by atoms with E-state index in [4.69, 9.17) is 9.47 Å². The van der Waals surface area contributed by atoms with E-state index in [-0.39, 0.29) is 0 Å². The maximum Gasteiger partial charge on any atom is 0.142 e. The zero-order chi connectivity index (χ0) is 14.4. The number of aliphatic hydroxyl groups excluding tert-OH is 1. The second kappa shape index (κ2) is 7.86.